The van der Waals surface area contributed by atoms with Crippen molar-refractivity contribution in [2.75, 3.05) is 28.4 Å². The Kier molecular flexibility index (Phi) is 6.83. The van der Waals surface area contributed by atoms with Crippen molar-refractivity contribution in [3.63, 3.8) is 0 Å². The van der Waals surface area contributed by atoms with Crippen molar-refractivity contribution < 1.29 is 4.74 Å². The summed E-state index contributed by atoms with van der Waals surface area (Å²) in [6.07, 6.45) is 3.69. The number of anilines is 6. The lowest BCUT2D eigenvalue weighted by Crippen LogP contribution is -2.23. The largest absolute Gasteiger partial charge is 0.439 e. The zero-order valence-electron chi connectivity index (χ0n) is 24.2. The lowest BCUT2D eigenvalue weighted by molar-refractivity contribution is 0.463. The summed E-state index contributed by atoms with van der Waals surface area (Å²) in [6.45, 7) is 9.52. The Morgan fingerprint density at radius 3 is 2.29 bits per heavy atom. The van der Waals surface area contributed by atoms with Crippen LogP contribution in [-0.2, 0) is 5.41 Å². The van der Waals surface area contributed by atoms with E-state index in [4.69, 9.17) is 9.72 Å². The van der Waals surface area contributed by atoms with Crippen molar-refractivity contribution in [3.8, 4) is 11.6 Å². The molecule has 1 aliphatic rings. The number of rotatable bonds is 6. The molecule has 0 N–H and O–H groups in total. The molecule has 0 saturated heterocycles. The molecule has 6 rings (SSSR count). The first-order valence-corrected chi connectivity index (χ1v) is 13.9. The van der Waals surface area contributed by atoms with Gasteiger partial charge < -0.3 is 14.5 Å². The lowest BCUT2D eigenvalue weighted by Gasteiger charge is -2.27. The first-order valence-electron chi connectivity index (χ1n) is 13.9. The molecule has 0 spiro atoms. The van der Waals surface area contributed by atoms with Gasteiger partial charge in [-0.3, -0.25) is 4.90 Å². The number of hydrogen-bond acceptors (Lipinski definition) is 6. The number of para-hydroxylation sites is 2. The van der Waals surface area contributed by atoms with Gasteiger partial charge in [0.1, 0.15) is 11.6 Å². The molecule has 0 fully saturated rings. The van der Waals surface area contributed by atoms with Crippen LogP contribution >= 0.6 is 0 Å². The predicted molar refractivity (Wildman–Crippen MR) is 169 cm³/mol. The molecule has 0 saturated carbocycles. The molecule has 2 aromatic heterocycles. The number of hydrogen-bond donors (Lipinski definition) is 0. The molecule has 6 heteroatoms. The zero-order valence-corrected chi connectivity index (χ0v) is 24.2. The van der Waals surface area contributed by atoms with Crippen LogP contribution in [0.2, 0.25) is 0 Å². The summed E-state index contributed by atoms with van der Waals surface area (Å²) in [5.41, 5.74) is 7.84. The Morgan fingerprint density at radius 2 is 1.51 bits per heavy atom. The first-order chi connectivity index (χ1) is 19.8. The van der Waals surface area contributed by atoms with E-state index >= 15 is 0 Å². The Labute approximate surface area is 242 Å². The van der Waals surface area contributed by atoms with Crippen LogP contribution in [0.4, 0.5) is 34.3 Å². The molecule has 6 nitrogen and oxygen atoms in total. The van der Waals surface area contributed by atoms with Crippen molar-refractivity contribution >= 4 is 34.3 Å². The quantitative estimate of drug-likeness (QED) is 0.214. The Balaban J connectivity index is 1.33. The van der Waals surface area contributed by atoms with Gasteiger partial charge in [-0.2, -0.15) is 0 Å². The minimum Gasteiger partial charge on any atom is -0.439 e. The van der Waals surface area contributed by atoms with Crippen molar-refractivity contribution in [2.24, 2.45) is 0 Å². The first kappa shape index (κ1) is 26.4. The normalized spacial score (nSPS) is 12.8. The fourth-order valence-electron chi connectivity index (χ4n) is 5.14. The molecule has 206 valence electrons. The van der Waals surface area contributed by atoms with Gasteiger partial charge in [0.2, 0.25) is 5.88 Å². The lowest BCUT2D eigenvalue weighted by atomic mass is 9.88. The highest BCUT2D eigenvalue weighted by Gasteiger charge is 2.24. The Hall–Kier alpha value is -4.84. The summed E-state index contributed by atoms with van der Waals surface area (Å²) in [7, 11) is 2.11. The van der Waals surface area contributed by atoms with Crippen LogP contribution in [0.3, 0.4) is 0 Å². The monoisotopic (exact) mass is 541 g/mol. The Bertz CT molecular complexity index is 1680. The van der Waals surface area contributed by atoms with Crippen LogP contribution in [0.15, 0.2) is 109 Å². The highest BCUT2D eigenvalue weighted by atomic mass is 16.5. The highest BCUT2D eigenvalue weighted by Crippen LogP contribution is 2.41. The van der Waals surface area contributed by atoms with Crippen molar-refractivity contribution in [1.29, 1.82) is 0 Å². The van der Waals surface area contributed by atoms with Crippen molar-refractivity contribution in [1.82, 2.24) is 9.97 Å². The van der Waals surface area contributed by atoms with E-state index in [1.54, 1.807) is 6.20 Å². The maximum Gasteiger partial charge on any atom is 0.221 e. The van der Waals surface area contributed by atoms with Crippen LogP contribution in [0.25, 0.3) is 0 Å². The number of pyridine rings is 2. The van der Waals surface area contributed by atoms with Crippen molar-refractivity contribution in [3.05, 3.63) is 121 Å². The highest BCUT2D eigenvalue weighted by molar-refractivity contribution is 5.82. The number of fused-ring (bicyclic) bond motifs is 1. The van der Waals surface area contributed by atoms with Crippen LogP contribution in [0.1, 0.15) is 31.9 Å². The molecule has 0 bridgehead atoms. The maximum absolute atomic E-state index is 6.35. The number of ether oxygens (including phenoxy) is 1. The number of benzene rings is 3. The summed E-state index contributed by atoms with van der Waals surface area (Å²) >= 11 is 0. The third-order valence-corrected chi connectivity index (χ3v) is 7.40. The third-order valence-electron chi connectivity index (χ3n) is 7.40. The van der Waals surface area contributed by atoms with Gasteiger partial charge >= 0.3 is 0 Å². The van der Waals surface area contributed by atoms with Gasteiger partial charge in [-0.25, -0.2) is 9.97 Å². The molecule has 3 aromatic carbocycles. The topological polar surface area (TPSA) is 44.7 Å². The van der Waals surface area contributed by atoms with E-state index in [9.17, 15) is 0 Å². The van der Waals surface area contributed by atoms with Gasteiger partial charge in [-0.05, 0) is 72.5 Å². The standard InChI is InChI=1S/C35H35N5O/c1-25-13-15-27(16-14-25)40(33-21-26(17-19-36-33)35(2,3)4)29-9-8-10-30(22-29)41-34-23-28(18-20-37-34)39-24-38(5)31-11-6-7-12-32(31)39/h6-23H,24H2,1-5H3. The zero-order chi connectivity index (χ0) is 28.6. The molecule has 0 unspecified atom stereocenters. The minimum atomic E-state index is 0.00292. The molecule has 3 heterocycles. The summed E-state index contributed by atoms with van der Waals surface area (Å²) in [4.78, 5) is 16.0. The van der Waals surface area contributed by atoms with E-state index in [2.05, 4.69) is 121 Å². The van der Waals surface area contributed by atoms with Gasteiger partial charge in [0.05, 0.1) is 23.7 Å². The second-order valence-corrected chi connectivity index (χ2v) is 11.5. The van der Waals surface area contributed by atoms with Gasteiger partial charge in [0, 0.05) is 42.9 Å². The average molecular weight is 542 g/mol. The van der Waals surface area contributed by atoms with Crippen LogP contribution in [0.5, 0.6) is 11.6 Å². The van der Waals surface area contributed by atoms with Crippen LogP contribution in [-0.4, -0.2) is 23.7 Å². The van der Waals surface area contributed by atoms with Crippen molar-refractivity contribution in [2.45, 2.75) is 33.1 Å². The average Bonchev–Trinajstić information content (AvgIpc) is 3.31. The molecule has 5 aromatic rings. The minimum absolute atomic E-state index is 0.00292. The van der Waals surface area contributed by atoms with E-state index in [0.717, 1.165) is 29.5 Å². The molecule has 1 aliphatic heterocycles. The van der Waals surface area contributed by atoms with E-state index < -0.39 is 0 Å². The van der Waals surface area contributed by atoms with Crippen LogP contribution in [0, 0.1) is 6.92 Å². The van der Waals surface area contributed by atoms with E-state index in [1.807, 2.05) is 36.5 Å². The number of nitrogens with zero attached hydrogens (tertiary/aromatic N) is 5. The smallest absolute Gasteiger partial charge is 0.221 e. The predicted octanol–water partition coefficient (Wildman–Crippen LogP) is 8.89. The van der Waals surface area contributed by atoms with E-state index in [1.165, 1.54) is 22.5 Å². The third kappa shape index (κ3) is 5.46. The molecule has 0 aliphatic carbocycles. The molecular weight excluding hydrogens is 506 g/mol. The van der Waals surface area contributed by atoms with E-state index in [-0.39, 0.29) is 5.41 Å². The fraction of sp³-hybridized carbons (Fsp3) is 0.200. The Morgan fingerprint density at radius 1 is 0.756 bits per heavy atom. The van der Waals surface area contributed by atoms with Crippen LogP contribution < -0.4 is 19.4 Å². The molecule has 0 atom stereocenters. The fourth-order valence-corrected chi connectivity index (χ4v) is 5.14. The number of aryl methyl sites for hydroxylation is 1. The van der Waals surface area contributed by atoms with Gasteiger partial charge in [0.15, 0.2) is 0 Å². The second kappa shape index (κ2) is 10.6. The van der Waals surface area contributed by atoms with Gasteiger partial charge in [-0.15, -0.1) is 0 Å². The molecule has 0 amide bonds. The molecule has 41 heavy (non-hydrogen) atoms. The second-order valence-electron chi connectivity index (χ2n) is 11.5. The summed E-state index contributed by atoms with van der Waals surface area (Å²) in [5, 5.41) is 0. The maximum atomic E-state index is 6.35. The number of aromatic nitrogens is 2. The molecular formula is C35H35N5O. The SMILES string of the molecule is Cc1ccc(N(c2cccc(Oc3cc(N4CN(C)c5ccccc54)ccn3)c2)c2cc(C(C)(C)C)ccn2)cc1. The van der Waals surface area contributed by atoms with E-state index in [0.29, 0.717) is 11.6 Å². The van der Waals surface area contributed by atoms with Gasteiger partial charge in [-0.1, -0.05) is 56.7 Å². The summed E-state index contributed by atoms with van der Waals surface area (Å²) in [6, 6.07) is 33.3. The summed E-state index contributed by atoms with van der Waals surface area (Å²) < 4.78 is 6.35. The molecule has 0 radical (unpaired) electrons. The van der Waals surface area contributed by atoms with Gasteiger partial charge in [0.25, 0.3) is 0 Å². The summed E-state index contributed by atoms with van der Waals surface area (Å²) in [5.74, 6) is 2.10.